The van der Waals surface area contributed by atoms with Crippen LogP contribution >= 0.6 is 0 Å². The van der Waals surface area contributed by atoms with Crippen molar-refractivity contribution in [1.82, 2.24) is 5.32 Å². The maximum absolute atomic E-state index is 13.3. The highest BCUT2D eigenvalue weighted by Crippen LogP contribution is 2.14. The first-order chi connectivity index (χ1) is 16.9. The van der Waals surface area contributed by atoms with E-state index in [0.717, 1.165) is 24.8 Å². The van der Waals surface area contributed by atoms with Crippen LogP contribution in [0.15, 0.2) is 78.5 Å². The van der Waals surface area contributed by atoms with Crippen LogP contribution in [0.2, 0.25) is 0 Å². The van der Waals surface area contributed by atoms with Gasteiger partial charge in [-0.2, -0.15) is 0 Å². The van der Waals surface area contributed by atoms with Gasteiger partial charge in [0.15, 0.2) is 0 Å². The summed E-state index contributed by atoms with van der Waals surface area (Å²) >= 11 is 0. The summed E-state index contributed by atoms with van der Waals surface area (Å²) in [5, 5.41) is 5.36. The van der Waals surface area contributed by atoms with E-state index in [4.69, 9.17) is 0 Å². The third-order valence-corrected chi connectivity index (χ3v) is 5.27. The van der Waals surface area contributed by atoms with Crippen molar-refractivity contribution in [1.29, 1.82) is 0 Å². The number of hydrogen-bond donors (Lipinski definition) is 2. The molecule has 3 aromatic rings. The first-order valence-electron chi connectivity index (χ1n) is 11.3. The van der Waals surface area contributed by atoms with E-state index >= 15 is 0 Å². The Labute approximate surface area is 203 Å². The number of ether oxygens (including phenoxy) is 1. The van der Waals surface area contributed by atoms with Gasteiger partial charge in [-0.1, -0.05) is 37.6 Å². The molecule has 2 amide bonds. The molecule has 7 heteroatoms. The minimum atomic E-state index is -0.576. The van der Waals surface area contributed by atoms with Gasteiger partial charge in [0.25, 0.3) is 11.8 Å². The SMILES string of the molecule is CCCCc1ccc(C(=O)N/C(=C\c2ccc(F)cc2)C(=O)Nc2ccc(C(=O)OC)cc2)cc1. The molecular formula is C28H27FN2O4. The van der Waals surface area contributed by atoms with Crippen molar-refractivity contribution in [3.63, 3.8) is 0 Å². The van der Waals surface area contributed by atoms with E-state index in [-0.39, 0.29) is 5.70 Å². The first-order valence-corrected chi connectivity index (χ1v) is 11.3. The maximum Gasteiger partial charge on any atom is 0.337 e. The number of amides is 2. The largest absolute Gasteiger partial charge is 0.465 e. The molecule has 2 N–H and O–H groups in total. The van der Waals surface area contributed by atoms with Crippen LogP contribution in [0.3, 0.4) is 0 Å². The van der Waals surface area contributed by atoms with Gasteiger partial charge < -0.3 is 15.4 Å². The molecule has 0 bridgehead atoms. The van der Waals surface area contributed by atoms with Crippen LogP contribution in [-0.2, 0) is 16.0 Å². The van der Waals surface area contributed by atoms with E-state index in [1.807, 2.05) is 12.1 Å². The normalized spacial score (nSPS) is 11.0. The molecule has 0 fully saturated rings. The van der Waals surface area contributed by atoms with E-state index in [1.54, 1.807) is 24.3 Å². The summed E-state index contributed by atoms with van der Waals surface area (Å²) in [6, 6.07) is 18.9. The zero-order chi connectivity index (χ0) is 25.2. The molecule has 0 spiro atoms. The second kappa shape index (κ2) is 12.3. The number of anilines is 1. The van der Waals surface area contributed by atoms with Crippen LogP contribution in [0.25, 0.3) is 6.08 Å². The number of hydrogen-bond acceptors (Lipinski definition) is 4. The number of carbonyl (C=O) groups is 3. The molecule has 0 aliphatic rings. The zero-order valence-electron chi connectivity index (χ0n) is 19.6. The molecule has 0 aromatic heterocycles. The molecule has 0 aliphatic heterocycles. The number of unbranched alkanes of at least 4 members (excludes halogenated alkanes) is 1. The van der Waals surface area contributed by atoms with Crippen molar-refractivity contribution in [2.45, 2.75) is 26.2 Å². The smallest absolute Gasteiger partial charge is 0.337 e. The van der Waals surface area contributed by atoms with Crippen molar-refractivity contribution < 1.29 is 23.5 Å². The van der Waals surface area contributed by atoms with Gasteiger partial charge in [0, 0.05) is 11.3 Å². The maximum atomic E-state index is 13.3. The topological polar surface area (TPSA) is 84.5 Å². The van der Waals surface area contributed by atoms with Gasteiger partial charge in [-0.15, -0.1) is 0 Å². The lowest BCUT2D eigenvalue weighted by molar-refractivity contribution is -0.113. The van der Waals surface area contributed by atoms with Crippen LogP contribution < -0.4 is 10.6 Å². The van der Waals surface area contributed by atoms with Crippen LogP contribution in [0.1, 0.15) is 51.6 Å². The molecule has 0 radical (unpaired) electrons. The summed E-state index contributed by atoms with van der Waals surface area (Å²) in [5.41, 5.74) is 2.82. The Kier molecular flexibility index (Phi) is 8.89. The van der Waals surface area contributed by atoms with Gasteiger partial charge >= 0.3 is 5.97 Å². The highest BCUT2D eigenvalue weighted by Gasteiger charge is 2.16. The number of nitrogens with one attached hydrogen (secondary N) is 2. The third-order valence-electron chi connectivity index (χ3n) is 5.27. The van der Waals surface area contributed by atoms with Crippen LogP contribution in [0.4, 0.5) is 10.1 Å². The molecule has 180 valence electrons. The minimum Gasteiger partial charge on any atom is -0.465 e. The molecule has 3 rings (SSSR count). The Morgan fingerprint density at radius 2 is 1.51 bits per heavy atom. The van der Waals surface area contributed by atoms with Crippen molar-refractivity contribution in [2.75, 3.05) is 12.4 Å². The minimum absolute atomic E-state index is 0.0197. The predicted molar refractivity (Wildman–Crippen MR) is 133 cm³/mol. The van der Waals surface area contributed by atoms with Crippen molar-refractivity contribution in [2.24, 2.45) is 0 Å². The fourth-order valence-electron chi connectivity index (χ4n) is 3.29. The molecule has 6 nitrogen and oxygen atoms in total. The van der Waals surface area contributed by atoms with E-state index in [2.05, 4.69) is 22.3 Å². The Balaban J connectivity index is 1.80. The lowest BCUT2D eigenvalue weighted by atomic mass is 10.1. The summed E-state index contributed by atoms with van der Waals surface area (Å²) in [7, 11) is 1.28. The number of benzene rings is 3. The molecule has 35 heavy (non-hydrogen) atoms. The Morgan fingerprint density at radius 3 is 2.11 bits per heavy atom. The van der Waals surface area contributed by atoms with Gasteiger partial charge in [-0.25, -0.2) is 9.18 Å². The molecule has 0 heterocycles. The summed E-state index contributed by atoms with van der Waals surface area (Å²) in [6.45, 7) is 2.12. The average Bonchev–Trinajstić information content (AvgIpc) is 2.88. The number of esters is 1. The molecule has 0 aliphatic carbocycles. The number of methoxy groups -OCH3 is 1. The van der Waals surface area contributed by atoms with E-state index in [0.29, 0.717) is 22.4 Å². The van der Waals surface area contributed by atoms with Gasteiger partial charge in [-0.3, -0.25) is 9.59 Å². The zero-order valence-corrected chi connectivity index (χ0v) is 19.6. The number of aryl methyl sites for hydroxylation is 1. The summed E-state index contributed by atoms with van der Waals surface area (Å²) in [5.74, 6) is -1.93. The van der Waals surface area contributed by atoms with Crippen molar-refractivity contribution in [3.05, 3.63) is 107 Å². The lowest BCUT2D eigenvalue weighted by Crippen LogP contribution is -2.30. The highest BCUT2D eigenvalue weighted by molar-refractivity contribution is 6.10. The number of rotatable bonds is 9. The Hall–Kier alpha value is -4.26. The van der Waals surface area contributed by atoms with Crippen LogP contribution in [-0.4, -0.2) is 24.9 Å². The van der Waals surface area contributed by atoms with Crippen LogP contribution in [0, 0.1) is 5.82 Å². The van der Waals surface area contributed by atoms with Gasteiger partial charge in [-0.05, 0) is 78.6 Å². The summed E-state index contributed by atoms with van der Waals surface area (Å²) < 4.78 is 18.0. The summed E-state index contributed by atoms with van der Waals surface area (Å²) in [6.07, 6.45) is 4.55. The predicted octanol–water partition coefficient (Wildman–Crippen LogP) is 5.36. The van der Waals surface area contributed by atoms with E-state index in [9.17, 15) is 18.8 Å². The second-order valence-electron chi connectivity index (χ2n) is 7.89. The van der Waals surface area contributed by atoms with Gasteiger partial charge in [0.2, 0.25) is 0 Å². The lowest BCUT2D eigenvalue weighted by Gasteiger charge is -2.12. The fraction of sp³-hybridized carbons (Fsp3) is 0.179. The van der Waals surface area contributed by atoms with Crippen molar-refractivity contribution in [3.8, 4) is 0 Å². The molecule has 3 aromatic carbocycles. The average molecular weight is 475 g/mol. The Bertz CT molecular complexity index is 1200. The van der Waals surface area contributed by atoms with E-state index in [1.165, 1.54) is 49.6 Å². The number of carbonyl (C=O) groups excluding carboxylic acids is 3. The fourth-order valence-corrected chi connectivity index (χ4v) is 3.29. The standard InChI is InChI=1S/C28H27FN2O4/c1-3-4-5-19-6-10-21(11-7-19)26(32)31-25(18-20-8-14-23(29)15-9-20)27(33)30-24-16-12-22(13-17-24)28(34)35-2/h6-18H,3-5H2,1-2H3,(H,30,33)(H,31,32)/b25-18-. The van der Waals surface area contributed by atoms with E-state index < -0.39 is 23.6 Å². The monoisotopic (exact) mass is 474 g/mol. The highest BCUT2D eigenvalue weighted by atomic mass is 19.1. The molecule has 0 atom stereocenters. The third kappa shape index (κ3) is 7.37. The van der Waals surface area contributed by atoms with Crippen molar-refractivity contribution >= 4 is 29.5 Å². The molecule has 0 saturated carbocycles. The molecular weight excluding hydrogens is 447 g/mol. The van der Waals surface area contributed by atoms with Gasteiger partial charge in [0.1, 0.15) is 11.5 Å². The van der Waals surface area contributed by atoms with Crippen LogP contribution in [0.5, 0.6) is 0 Å². The quantitative estimate of drug-likeness (QED) is 0.323. The summed E-state index contributed by atoms with van der Waals surface area (Å²) in [4.78, 5) is 37.5. The second-order valence-corrected chi connectivity index (χ2v) is 7.89. The molecule has 0 saturated heterocycles. The Morgan fingerprint density at radius 1 is 0.886 bits per heavy atom. The number of halogens is 1. The molecule has 0 unspecified atom stereocenters. The first kappa shape index (κ1) is 25.4. The van der Waals surface area contributed by atoms with Gasteiger partial charge in [0.05, 0.1) is 12.7 Å².